The minimum absolute atomic E-state index is 0.538. The lowest BCUT2D eigenvalue weighted by Crippen LogP contribution is -2.39. The first kappa shape index (κ1) is 20.6. The average Bonchev–Trinajstić information content (AvgIpc) is 3.46. The second kappa shape index (κ2) is 10.4. The molecule has 0 aliphatic carbocycles. The first-order chi connectivity index (χ1) is 14.8. The van der Waals surface area contributed by atoms with E-state index in [2.05, 4.69) is 57.0 Å². The molecule has 1 aromatic heterocycles. The number of nitrogens with one attached hydrogen (secondary N) is 1. The summed E-state index contributed by atoms with van der Waals surface area (Å²) in [5, 5.41) is 6.65. The number of ether oxygens (including phenoxy) is 1. The van der Waals surface area contributed by atoms with Crippen molar-refractivity contribution in [2.24, 2.45) is 10.9 Å². The van der Waals surface area contributed by atoms with Crippen molar-refractivity contribution in [1.29, 1.82) is 0 Å². The molecule has 2 heterocycles. The number of aliphatic imine (C=N–C) groups is 1. The number of nitrogens with zero attached hydrogens (tertiary/aromatic N) is 3. The van der Waals surface area contributed by atoms with Crippen molar-refractivity contribution >= 4 is 17.3 Å². The fourth-order valence-electron chi connectivity index (χ4n) is 3.68. The second-order valence-electron chi connectivity index (χ2n) is 7.51. The summed E-state index contributed by atoms with van der Waals surface area (Å²) >= 11 is 1.68. The van der Waals surface area contributed by atoms with Gasteiger partial charge in [-0.25, -0.2) is 4.98 Å². The van der Waals surface area contributed by atoms with Crippen molar-refractivity contribution in [3.8, 4) is 10.6 Å². The van der Waals surface area contributed by atoms with E-state index in [0.717, 1.165) is 48.3 Å². The molecule has 0 radical (unpaired) electrons. The molecule has 6 heteroatoms. The predicted octanol–water partition coefficient (Wildman–Crippen LogP) is 4.42. The highest BCUT2D eigenvalue weighted by Crippen LogP contribution is 2.23. The molecule has 1 aliphatic rings. The van der Waals surface area contributed by atoms with E-state index < -0.39 is 0 Å². The summed E-state index contributed by atoms with van der Waals surface area (Å²) in [6.07, 6.45) is 1.13. The Bertz CT molecular complexity index is 942. The fraction of sp³-hybridized carbons (Fsp3) is 0.333. The lowest BCUT2D eigenvalue weighted by atomic mass is 10.1. The summed E-state index contributed by atoms with van der Waals surface area (Å²) in [5.74, 6) is 1.48. The van der Waals surface area contributed by atoms with Crippen LogP contribution >= 0.6 is 11.3 Å². The smallest absolute Gasteiger partial charge is 0.193 e. The van der Waals surface area contributed by atoms with Crippen LogP contribution in [-0.2, 0) is 17.9 Å². The van der Waals surface area contributed by atoms with Gasteiger partial charge in [-0.2, -0.15) is 0 Å². The van der Waals surface area contributed by atoms with Gasteiger partial charge in [-0.1, -0.05) is 60.7 Å². The van der Waals surface area contributed by atoms with Gasteiger partial charge < -0.3 is 15.0 Å². The van der Waals surface area contributed by atoms with E-state index in [0.29, 0.717) is 19.1 Å². The number of rotatable bonds is 7. The van der Waals surface area contributed by atoms with Gasteiger partial charge in [-0.15, -0.1) is 11.3 Å². The van der Waals surface area contributed by atoms with Gasteiger partial charge in [0.2, 0.25) is 0 Å². The molecule has 5 nitrogen and oxygen atoms in total. The van der Waals surface area contributed by atoms with Crippen LogP contribution in [0.2, 0.25) is 0 Å². The summed E-state index contributed by atoms with van der Waals surface area (Å²) in [4.78, 5) is 11.6. The van der Waals surface area contributed by atoms with Crippen molar-refractivity contribution in [1.82, 2.24) is 15.2 Å². The highest BCUT2D eigenvalue weighted by atomic mass is 32.1. The third kappa shape index (κ3) is 5.46. The van der Waals surface area contributed by atoms with Gasteiger partial charge in [0.25, 0.3) is 0 Å². The van der Waals surface area contributed by atoms with E-state index in [1.807, 2.05) is 31.3 Å². The SMILES string of the molecule is CN=C(NCc1csc(-c2ccccc2)n1)N1CCC(COCc2ccccc2)C1. The number of likely N-dealkylation sites (tertiary alicyclic amines) is 1. The van der Waals surface area contributed by atoms with E-state index >= 15 is 0 Å². The molecule has 1 atom stereocenters. The van der Waals surface area contributed by atoms with Crippen LogP contribution in [0.3, 0.4) is 0 Å². The molecule has 0 saturated carbocycles. The van der Waals surface area contributed by atoms with Crippen LogP contribution in [0.1, 0.15) is 17.7 Å². The van der Waals surface area contributed by atoms with Crippen LogP contribution < -0.4 is 5.32 Å². The van der Waals surface area contributed by atoms with E-state index in [1.54, 1.807) is 11.3 Å². The Morgan fingerprint density at radius 2 is 1.93 bits per heavy atom. The highest BCUT2D eigenvalue weighted by Gasteiger charge is 2.25. The third-order valence-corrected chi connectivity index (χ3v) is 6.20. The van der Waals surface area contributed by atoms with Crippen LogP contribution in [0.25, 0.3) is 10.6 Å². The Kier molecular flexibility index (Phi) is 7.11. The van der Waals surface area contributed by atoms with Crippen molar-refractivity contribution in [2.75, 3.05) is 26.7 Å². The van der Waals surface area contributed by atoms with Crippen LogP contribution in [0, 0.1) is 5.92 Å². The maximum Gasteiger partial charge on any atom is 0.193 e. The van der Waals surface area contributed by atoms with Crippen LogP contribution in [0.4, 0.5) is 0 Å². The number of aromatic nitrogens is 1. The molecule has 3 aromatic rings. The van der Waals surface area contributed by atoms with Gasteiger partial charge in [-0.3, -0.25) is 4.99 Å². The lowest BCUT2D eigenvalue weighted by Gasteiger charge is -2.21. The predicted molar refractivity (Wildman–Crippen MR) is 124 cm³/mol. The topological polar surface area (TPSA) is 49.8 Å². The molecular formula is C24H28N4OS. The minimum Gasteiger partial charge on any atom is -0.376 e. The van der Waals surface area contributed by atoms with E-state index in [1.165, 1.54) is 5.56 Å². The Balaban J connectivity index is 1.23. The molecule has 0 spiro atoms. The molecule has 1 saturated heterocycles. The molecule has 0 amide bonds. The monoisotopic (exact) mass is 420 g/mol. The van der Waals surface area contributed by atoms with Crippen LogP contribution in [0.15, 0.2) is 71.0 Å². The molecule has 30 heavy (non-hydrogen) atoms. The maximum absolute atomic E-state index is 5.94. The first-order valence-electron chi connectivity index (χ1n) is 10.4. The number of thiazole rings is 1. The summed E-state index contributed by atoms with van der Waals surface area (Å²) < 4.78 is 5.94. The molecular weight excluding hydrogens is 392 g/mol. The molecule has 0 bridgehead atoms. The lowest BCUT2D eigenvalue weighted by molar-refractivity contribution is 0.0906. The zero-order valence-electron chi connectivity index (χ0n) is 17.3. The fourth-order valence-corrected chi connectivity index (χ4v) is 4.51. The summed E-state index contributed by atoms with van der Waals surface area (Å²) in [6, 6.07) is 20.7. The van der Waals surface area contributed by atoms with Crippen molar-refractivity contribution in [3.63, 3.8) is 0 Å². The summed E-state index contributed by atoms with van der Waals surface area (Å²) in [5.41, 5.74) is 3.43. The Labute approximate surface area is 182 Å². The summed E-state index contributed by atoms with van der Waals surface area (Å²) in [7, 11) is 1.85. The quantitative estimate of drug-likeness (QED) is 0.454. The molecule has 1 aliphatic heterocycles. The minimum atomic E-state index is 0.538. The first-order valence-corrected chi connectivity index (χ1v) is 11.3. The molecule has 1 fully saturated rings. The Hall–Kier alpha value is -2.70. The molecule has 1 N–H and O–H groups in total. The molecule has 1 unspecified atom stereocenters. The standard InChI is InChI=1S/C24H28N4OS/c1-25-24(26-14-22-18-30-23(27-22)21-10-6-3-7-11-21)28-13-12-20(15-28)17-29-16-19-8-4-2-5-9-19/h2-11,18,20H,12-17H2,1H3,(H,25,26). The number of guanidine groups is 1. The van der Waals surface area contributed by atoms with E-state index in [-0.39, 0.29) is 0 Å². The number of benzene rings is 2. The van der Waals surface area contributed by atoms with Gasteiger partial charge in [-0.05, 0) is 12.0 Å². The molecule has 4 rings (SSSR count). The second-order valence-corrected chi connectivity index (χ2v) is 8.37. The van der Waals surface area contributed by atoms with E-state index in [9.17, 15) is 0 Å². The van der Waals surface area contributed by atoms with E-state index in [4.69, 9.17) is 9.72 Å². The van der Waals surface area contributed by atoms with Crippen LogP contribution in [-0.4, -0.2) is 42.6 Å². The normalized spacial score (nSPS) is 16.8. The van der Waals surface area contributed by atoms with Gasteiger partial charge in [0, 0.05) is 37.0 Å². The zero-order chi connectivity index (χ0) is 20.6. The molecule has 2 aromatic carbocycles. The summed E-state index contributed by atoms with van der Waals surface area (Å²) in [6.45, 7) is 4.13. The average molecular weight is 421 g/mol. The number of hydrogen-bond acceptors (Lipinski definition) is 4. The van der Waals surface area contributed by atoms with Crippen molar-refractivity contribution in [2.45, 2.75) is 19.6 Å². The number of hydrogen-bond donors (Lipinski definition) is 1. The Morgan fingerprint density at radius 3 is 2.70 bits per heavy atom. The highest BCUT2D eigenvalue weighted by molar-refractivity contribution is 7.13. The van der Waals surface area contributed by atoms with Gasteiger partial charge in [0.05, 0.1) is 25.5 Å². The van der Waals surface area contributed by atoms with Gasteiger partial charge in [0.1, 0.15) is 5.01 Å². The van der Waals surface area contributed by atoms with Crippen LogP contribution in [0.5, 0.6) is 0 Å². The zero-order valence-corrected chi connectivity index (χ0v) is 18.1. The Morgan fingerprint density at radius 1 is 1.17 bits per heavy atom. The van der Waals surface area contributed by atoms with Gasteiger partial charge in [0.15, 0.2) is 5.96 Å². The molecule has 156 valence electrons. The third-order valence-electron chi connectivity index (χ3n) is 5.26. The van der Waals surface area contributed by atoms with Gasteiger partial charge >= 0.3 is 0 Å². The van der Waals surface area contributed by atoms with Crippen molar-refractivity contribution in [3.05, 3.63) is 77.3 Å². The maximum atomic E-state index is 5.94. The van der Waals surface area contributed by atoms with Crippen molar-refractivity contribution < 1.29 is 4.74 Å². The largest absolute Gasteiger partial charge is 0.376 e.